The van der Waals surface area contributed by atoms with Crippen LogP contribution in [0.3, 0.4) is 0 Å². The second-order valence-electron chi connectivity index (χ2n) is 5.19. The summed E-state index contributed by atoms with van der Waals surface area (Å²) in [4.78, 5) is 12.2. The van der Waals surface area contributed by atoms with Crippen molar-refractivity contribution in [3.63, 3.8) is 0 Å². The van der Waals surface area contributed by atoms with Crippen molar-refractivity contribution < 1.29 is 14.3 Å². The van der Waals surface area contributed by atoms with Gasteiger partial charge in [0, 0.05) is 23.9 Å². The van der Waals surface area contributed by atoms with E-state index in [0.29, 0.717) is 11.5 Å². The molecule has 0 saturated heterocycles. The van der Waals surface area contributed by atoms with Gasteiger partial charge in [0.1, 0.15) is 0 Å². The maximum atomic E-state index is 12.2. The molecular formula is C18H18N2O3. The summed E-state index contributed by atoms with van der Waals surface area (Å²) in [5.74, 6) is 1.07. The van der Waals surface area contributed by atoms with Gasteiger partial charge in [0.25, 0.3) is 5.91 Å². The third-order valence-electron chi connectivity index (χ3n) is 3.78. The van der Waals surface area contributed by atoms with E-state index >= 15 is 0 Å². The quantitative estimate of drug-likeness (QED) is 0.903. The Hall–Kier alpha value is -2.95. The SMILES string of the molecule is COc1cc2c(cc1OC)=C(c1ccccc1)NN(C)C(=O)C=2. The molecule has 0 spiro atoms. The molecule has 1 amide bonds. The first-order chi connectivity index (χ1) is 11.1. The highest BCUT2D eigenvalue weighted by molar-refractivity contribution is 6.04. The second kappa shape index (κ2) is 6.04. The van der Waals surface area contributed by atoms with Crippen LogP contribution < -0.4 is 25.3 Å². The molecule has 1 N–H and O–H groups in total. The van der Waals surface area contributed by atoms with E-state index in [-0.39, 0.29) is 5.91 Å². The van der Waals surface area contributed by atoms with Crippen molar-refractivity contribution in [2.45, 2.75) is 0 Å². The van der Waals surface area contributed by atoms with Crippen LogP contribution >= 0.6 is 0 Å². The van der Waals surface area contributed by atoms with Gasteiger partial charge < -0.3 is 9.47 Å². The van der Waals surface area contributed by atoms with Crippen molar-refractivity contribution >= 4 is 17.7 Å². The average molecular weight is 310 g/mol. The molecule has 23 heavy (non-hydrogen) atoms. The highest BCUT2D eigenvalue weighted by Gasteiger charge is 2.16. The number of rotatable bonds is 3. The van der Waals surface area contributed by atoms with Crippen molar-refractivity contribution in [1.29, 1.82) is 0 Å². The molecule has 0 unspecified atom stereocenters. The van der Waals surface area contributed by atoms with Crippen LogP contribution in [0.4, 0.5) is 0 Å². The Bertz CT molecular complexity index is 860. The van der Waals surface area contributed by atoms with Crippen LogP contribution in [0, 0.1) is 0 Å². The lowest BCUT2D eigenvalue weighted by molar-refractivity contribution is -0.124. The Labute approximate surface area is 134 Å². The van der Waals surface area contributed by atoms with E-state index in [1.165, 1.54) is 5.01 Å². The highest BCUT2D eigenvalue weighted by Crippen LogP contribution is 2.22. The molecular weight excluding hydrogens is 292 g/mol. The summed E-state index contributed by atoms with van der Waals surface area (Å²) in [6.45, 7) is 0. The van der Waals surface area contributed by atoms with Crippen molar-refractivity contribution in [3.8, 4) is 11.5 Å². The Morgan fingerprint density at radius 3 is 2.30 bits per heavy atom. The number of methoxy groups -OCH3 is 2. The van der Waals surface area contributed by atoms with E-state index in [2.05, 4.69) is 5.43 Å². The number of amides is 1. The molecule has 3 rings (SSSR count). The zero-order chi connectivity index (χ0) is 16.4. The normalized spacial score (nSPS) is 13.6. The molecule has 0 atom stereocenters. The summed E-state index contributed by atoms with van der Waals surface area (Å²) in [5.41, 5.74) is 4.98. The van der Waals surface area contributed by atoms with Gasteiger partial charge in [-0.15, -0.1) is 0 Å². The maximum absolute atomic E-state index is 12.2. The van der Waals surface area contributed by atoms with E-state index in [0.717, 1.165) is 21.7 Å². The smallest absolute Gasteiger partial charge is 0.265 e. The molecule has 5 heteroatoms. The predicted molar refractivity (Wildman–Crippen MR) is 88.1 cm³/mol. The lowest BCUT2D eigenvalue weighted by Gasteiger charge is -2.19. The second-order valence-corrected chi connectivity index (χ2v) is 5.19. The minimum Gasteiger partial charge on any atom is -0.493 e. The molecule has 0 aromatic heterocycles. The third kappa shape index (κ3) is 2.73. The van der Waals surface area contributed by atoms with Crippen molar-refractivity contribution in [2.24, 2.45) is 0 Å². The van der Waals surface area contributed by atoms with E-state index in [9.17, 15) is 4.79 Å². The van der Waals surface area contributed by atoms with E-state index < -0.39 is 0 Å². The number of hydrogen-bond donors (Lipinski definition) is 1. The molecule has 5 nitrogen and oxygen atoms in total. The molecule has 0 radical (unpaired) electrons. The fraction of sp³-hybridized carbons (Fsp3) is 0.167. The number of nitrogens with one attached hydrogen (secondary N) is 1. The van der Waals surface area contributed by atoms with Gasteiger partial charge in [0.15, 0.2) is 11.5 Å². The minimum atomic E-state index is -0.135. The summed E-state index contributed by atoms with van der Waals surface area (Å²) >= 11 is 0. The monoisotopic (exact) mass is 310 g/mol. The number of hydrogen-bond acceptors (Lipinski definition) is 4. The van der Waals surface area contributed by atoms with Gasteiger partial charge in [-0.05, 0) is 17.4 Å². The molecule has 1 heterocycles. The molecule has 1 aliphatic heterocycles. The summed E-state index contributed by atoms with van der Waals surface area (Å²) in [6.07, 6.45) is 1.58. The van der Waals surface area contributed by atoms with Gasteiger partial charge >= 0.3 is 0 Å². The number of fused-ring (bicyclic) bond motifs is 1. The largest absolute Gasteiger partial charge is 0.493 e. The van der Waals surface area contributed by atoms with Gasteiger partial charge in [-0.25, -0.2) is 0 Å². The van der Waals surface area contributed by atoms with Gasteiger partial charge in [0.2, 0.25) is 0 Å². The minimum absolute atomic E-state index is 0.135. The zero-order valence-electron chi connectivity index (χ0n) is 13.3. The van der Waals surface area contributed by atoms with Crippen LogP contribution in [0.15, 0.2) is 42.5 Å². The van der Waals surface area contributed by atoms with Crippen LogP contribution in [-0.4, -0.2) is 32.2 Å². The topological polar surface area (TPSA) is 50.8 Å². The predicted octanol–water partition coefficient (Wildman–Crippen LogP) is 0.617. The van der Waals surface area contributed by atoms with Gasteiger partial charge in [0.05, 0.1) is 19.9 Å². The summed E-state index contributed by atoms with van der Waals surface area (Å²) in [5, 5.41) is 3.12. The lowest BCUT2D eigenvalue weighted by atomic mass is 10.1. The summed E-state index contributed by atoms with van der Waals surface area (Å²) < 4.78 is 10.7. The Morgan fingerprint density at radius 2 is 1.65 bits per heavy atom. The number of hydrazine groups is 1. The molecule has 0 aliphatic carbocycles. The number of benzene rings is 2. The van der Waals surface area contributed by atoms with Crippen molar-refractivity contribution in [1.82, 2.24) is 10.4 Å². The Morgan fingerprint density at radius 1 is 1.00 bits per heavy atom. The first-order valence-electron chi connectivity index (χ1n) is 7.22. The fourth-order valence-corrected chi connectivity index (χ4v) is 2.57. The van der Waals surface area contributed by atoms with Crippen LogP contribution in [0.2, 0.25) is 0 Å². The highest BCUT2D eigenvalue weighted by atomic mass is 16.5. The van der Waals surface area contributed by atoms with Crippen LogP contribution in [0.5, 0.6) is 11.5 Å². The zero-order valence-corrected chi connectivity index (χ0v) is 13.3. The summed E-state index contributed by atoms with van der Waals surface area (Å²) in [6, 6.07) is 13.6. The van der Waals surface area contributed by atoms with E-state index in [4.69, 9.17) is 9.47 Å². The number of nitrogens with zero attached hydrogens (tertiary/aromatic N) is 1. The van der Waals surface area contributed by atoms with E-state index in [1.807, 2.05) is 42.5 Å². The van der Waals surface area contributed by atoms with Crippen LogP contribution in [0.25, 0.3) is 11.8 Å². The van der Waals surface area contributed by atoms with E-state index in [1.54, 1.807) is 27.3 Å². The first kappa shape index (κ1) is 15.0. The van der Waals surface area contributed by atoms with Crippen LogP contribution in [0.1, 0.15) is 5.56 Å². The standard InChI is InChI=1S/C18H18N2O3/c1-20-17(21)10-13-9-15(22-2)16(23-3)11-14(13)18(19-20)12-7-5-4-6-8-12/h4-11,19H,1-3H3. The molecule has 2 aromatic carbocycles. The number of carbonyl (C=O) groups excluding carboxylic acids is 1. The van der Waals surface area contributed by atoms with Gasteiger partial charge in [-0.2, -0.15) is 0 Å². The molecule has 2 aromatic rings. The average Bonchev–Trinajstić information content (AvgIpc) is 2.71. The molecule has 0 bridgehead atoms. The van der Waals surface area contributed by atoms with Crippen molar-refractivity contribution in [3.05, 3.63) is 58.5 Å². The summed E-state index contributed by atoms with van der Waals surface area (Å²) in [7, 11) is 4.87. The van der Waals surface area contributed by atoms with Crippen LogP contribution in [-0.2, 0) is 4.79 Å². The van der Waals surface area contributed by atoms with Crippen molar-refractivity contribution in [2.75, 3.05) is 21.3 Å². The Balaban J connectivity index is 2.40. The van der Waals surface area contributed by atoms with Gasteiger partial charge in [-0.3, -0.25) is 15.2 Å². The molecule has 0 fully saturated rings. The fourth-order valence-electron chi connectivity index (χ4n) is 2.57. The first-order valence-corrected chi connectivity index (χ1v) is 7.22. The lowest BCUT2D eigenvalue weighted by Crippen LogP contribution is -2.38. The van der Waals surface area contributed by atoms with Gasteiger partial charge in [-0.1, -0.05) is 30.3 Å². The Kier molecular flexibility index (Phi) is 3.93. The number of ether oxygens (including phenoxy) is 2. The number of carbonyl (C=O) groups is 1. The molecule has 118 valence electrons. The third-order valence-corrected chi connectivity index (χ3v) is 3.78. The molecule has 0 saturated carbocycles. The maximum Gasteiger partial charge on any atom is 0.265 e. The molecule has 1 aliphatic rings.